The van der Waals surface area contributed by atoms with E-state index in [0.29, 0.717) is 12.3 Å². The number of carbonyl (C=O) groups is 1. The van der Waals surface area contributed by atoms with Crippen LogP contribution in [0, 0.1) is 5.92 Å². The zero-order valence-corrected chi connectivity index (χ0v) is 12.7. The molecule has 1 fully saturated rings. The van der Waals surface area contributed by atoms with Gasteiger partial charge in [-0.15, -0.1) is 0 Å². The summed E-state index contributed by atoms with van der Waals surface area (Å²) in [6.07, 6.45) is 2.61. The fraction of sp³-hybridized carbons (Fsp3) is 0.588. The number of piperazine rings is 1. The number of hydrogen-bond donors (Lipinski definition) is 1. The highest BCUT2D eigenvalue weighted by Crippen LogP contribution is 2.11. The maximum absolute atomic E-state index is 12.1. The predicted octanol–water partition coefficient (Wildman–Crippen LogP) is 2.25. The highest BCUT2D eigenvalue weighted by atomic mass is 16.2. The Hall–Kier alpha value is -1.35. The lowest BCUT2D eigenvalue weighted by Gasteiger charge is -2.27. The molecule has 0 bridgehead atoms. The van der Waals surface area contributed by atoms with Crippen molar-refractivity contribution in [2.45, 2.75) is 33.1 Å². The van der Waals surface area contributed by atoms with Gasteiger partial charge in [-0.3, -0.25) is 4.79 Å². The lowest BCUT2D eigenvalue weighted by molar-refractivity contribution is -0.131. The van der Waals surface area contributed by atoms with Gasteiger partial charge in [0.15, 0.2) is 0 Å². The van der Waals surface area contributed by atoms with E-state index in [1.54, 1.807) is 0 Å². The molecule has 0 spiro atoms. The number of aryl methyl sites for hydroxylation is 1. The zero-order valence-electron chi connectivity index (χ0n) is 12.7. The molecule has 1 aromatic rings. The van der Waals surface area contributed by atoms with E-state index >= 15 is 0 Å². The van der Waals surface area contributed by atoms with Crippen LogP contribution in [0.3, 0.4) is 0 Å². The summed E-state index contributed by atoms with van der Waals surface area (Å²) in [5.74, 6) is 0.980. The third-order valence-corrected chi connectivity index (χ3v) is 3.76. The van der Waals surface area contributed by atoms with E-state index in [1.807, 2.05) is 4.90 Å². The molecule has 0 aliphatic carbocycles. The first kappa shape index (κ1) is 15.0. The number of carbonyl (C=O) groups excluding carboxylic acids is 1. The minimum atomic E-state index is 0.290. The van der Waals surface area contributed by atoms with Gasteiger partial charge in [-0.05, 0) is 29.9 Å². The van der Waals surface area contributed by atoms with E-state index < -0.39 is 0 Å². The maximum atomic E-state index is 12.1. The second-order valence-electron chi connectivity index (χ2n) is 6.05. The predicted molar refractivity (Wildman–Crippen MR) is 82.8 cm³/mol. The molecular weight excluding hydrogens is 248 g/mol. The van der Waals surface area contributed by atoms with E-state index in [4.69, 9.17) is 0 Å². The fourth-order valence-corrected chi connectivity index (χ4v) is 2.64. The first-order valence-electron chi connectivity index (χ1n) is 7.71. The number of nitrogens with one attached hydrogen (secondary N) is 1. The molecule has 1 amide bonds. The molecule has 0 radical (unpaired) electrons. The molecule has 1 aliphatic rings. The summed E-state index contributed by atoms with van der Waals surface area (Å²) in [6, 6.07) is 8.74. The van der Waals surface area contributed by atoms with Crippen molar-refractivity contribution in [1.29, 1.82) is 0 Å². The minimum Gasteiger partial charge on any atom is -0.340 e. The fourth-order valence-electron chi connectivity index (χ4n) is 2.64. The largest absolute Gasteiger partial charge is 0.340 e. The molecule has 110 valence electrons. The Morgan fingerprint density at radius 2 is 1.75 bits per heavy atom. The Labute approximate surface area is 122 Å². The van der Waals surface area contributed by atoms with Gasteiger partial charge in [0.1, 0.15) is 0 Å². The molecule has 20 heavy (non-hydrogen) atoms. The zero-order chi connectivity index (χ0) is 14.4. The third kappa shape index (κ3) is 4.64. The SMILES string of the molecule is CC(C)Cc1ccc(CCC(=O)N2CCNCC2)cc1. The molecule has 3 nitrogen and oxygen atoms in total. The van der Waals surface area contributed by atoms with Crippen molar-refractivity contribution in [2.24, 2.45) is 5.92 Å². The summed E-state index contributed by atoms with van der Waals surface area (Å²) in [6.45, 7) is 8.03. The van der Waals surface area contributed by atoms with E-state index in [2.05, 4.69) is 43.4 Å². The van der Waals surface area contributed by atoms with Crippen molar-refractivity contribution in [2.75, 3.05) is 26.2 Å². The lowest BCUT2D eigenvalue weighted by Crippen LogP contribution is -2.46. The lowest BCUT2D eigenvalue weighted by atomic mass is 10.0. The van der Waals surface area contributed by atoms with Crippen molar-refractivity contribution in [3.8, 4) is 0 Å². The van der Waals surface area contributed by atoms with Crippen molar-refractivity contribution < 1.29 is 4.79 Å². The van der Waals surface area contributed by atoms with Crippen molar-refractivity contribution in [3.05, 3.63) is 35.4 Å². The van der Waals surface area contributed by atoms with Gasteiger partial charge in [0.25, 0.3) is 0 Å². The van der Waals surface area contributed by atoms with Gasteiger partial charge < -0.3 is 10.2 Å². The Morgan fingerprint density at radius 1 is 1.15 bits per heavy atom. The molecule has 1 saturated heterocycles. The molecule has 0 unspecified atom stereocenters. The average Bonchev–Trinajstić information content (AvgIpc) is 2.46. The van der Waals surface area contributed by atoms with Crippen molar-refractivity contribution >= 4 is 5.91 Å². The number of rotatable bonds is 5. The van der Waals surface area contributed by atoms with Gasteiger partial charge in [-0.1, -0.05) is 38.1 Å². The number of nitrogens with zero attached hydrogens (tertiary/aromatic N) is 1. The second-order valence-corrected chi connectivity index (χ2v) is 6.05. The van der Waals surface area contributed by atoms with Crippen molar-refractivity contribution in [1.82, 2.24) is 10.2 Å². The smallest absolute Gasteiger partial charge is 0.222 e. The molecule has 0 saturated carbocycles. The van der Waals surface area contributed by atoms with Crippen LogP contribution in [-0.2, 0) is 17.6 Å². The first-order valence-corrected chi connectivity index (χ1v) is 7.71. The van der Waals surface area contributed by atoms with Crippen LogP contribution in [-0.4, -0.2) is 37.0 Å². The van der Waals surface area contributed by atoms with Crippen LogP contribution in [0.2, 0.25) is 0 Å². The Balaban J connectivity index is 1.79. The van der Waals surface area contributed by atoms with Gasteiger partial charge in [0.2, 0.25) is 5.91 Å². The van der Waals surface area contributed by atoms with Crippen LogP contribution in [0.4, 0.5) is 0 Å². The summed E-state index contributed by atoms with van der Waals surface area (Å²) < 4.78 is 0. The Kier molecular flexibility index (Phi) is 5.60. The molecule has 1 heterocycles. The normalized spacial score (nSPS) is 15.7. The van der Waals surface area contributed by atoms with Crippen LogP contribution in [0.1, 0.15) is 31.4 Å². The summed E-state index contributed by atoms with van der Waals surface area (Å²) in [5, 5.41) is 3.27. The van der Waals surface area contributed by atoms with Crippen LogP contribution in [0.5, 0.6) is 0 Å². The van der Waals surface area contributed by atoms with Crippen LogP contribution < -0.4 is 5.32 Å². The van der Waals surface area contributed by atoms with Crippen molar-refractivity contribution in [3.63, 3.8) is 0 Å². The molecular formula is C17H26N2O. The molecule has 2 rings (SSSR count). The van der Waals surface area contributed by atoms with Gasteiger partial charge >= 0.3 is 0 Å². The second kappa shape index (κ2) is 7.44. The van der Waals surface area contributed by atoms with Crippen LogP contribution in [0.15, 0.2) is 24.3 Å². The average molecular weight is 274 g/mol. The highest BCUT2D eigenvalue weighted by molar-refractivity contribution is 5.76. The molecule has 0 aromatic heterocycles. The topological polar surface area (TPSA) is 32.3 Å². The van der Waals surface area contributed by atoms with Crippen LogP contribution >= 0.6 is 0 Å². The van der Waals surface area contributed by atoms with Gasteiger partial charge in [0.05, 0.1) is 0 Å². The first-order chi connectivity index (χ1) is 9.65. The molecule has 1 N–H and O–H groups in total. The van der Waals surface area contributed by atoms with E-state index in [1.165, 1.54) is 11.1 Å². The monoisotopic (exact) mass is 274 g/mol. The number of benzene rings is 1. The summed E-state index contributed by atoms with van der Waals surface area (Å²) in [5.41, 5.74) is 2.65. The standard InChI is InChI=1S/C17H26N2O/c1-14(2)13-16-5-3-15(4-6-16)7-8-17(20)19-11-9-18-10-12-19/h3-6,14,18H,7-13H2,1-2H3. The maximum Gasteiger partial charge on any atom is 0.222 e. The minimum absolute atomic E-state index is 0.290. The highest BCUT2D eigenvalue weighted by Gasteiger charge is 2.15. The molecule has 1 aromatic carbocycles. The quantitative estimate of drug-likeness (QED) is 0.893. The van der Waals surface area contributed by atoms with E-state index in [0.717, 1.165) is 39.0 Å². The van der Waals surface area contributed by atoms with E-state index in [9.17, 15) is 4.79 Å². The third-order valence-electron chi connectivity index (χ3n) is 3.76. The van der Waals surface area contributed by atoms with Gasteiger partial charge in [-0.2, -0.15) is 0 Å². The van der Waals surface area contributed by atoms with Gasteiger partial charge in [-0.25, -0.2) is 0 Å². The molecule has 0 atom stereocenters. The number of hydrogen-bond acceptors (Lipinski definition) is 2. The Morgan fingerprint density at radius 3 is 2.35 bits per heavy atom. The van der Waals surface area contributed by atoms with Gasteiger partial charge in [0, 0.05) is 32.6 Å². The summed E-state index contributed by atoms with van der Waals surface area (Å²) in [4.78, 5) is 14.1. The summed E-state index contributed by atoms with van der Waals surface area (Å²) in [7, 11) is 0. The molecule has 1 aliphatic heterocycles. The number of amides is 1. The van der Waals surface area contributed by atoms with E-state index in [-0.39, 0.29) is 5.91 Å². The Bertz CT molecular complexity index is 419. The molecule has 3 heteroatoms. The van der Waals surface area contributed by atoms with Crippen LogP contribution in [0.25, 0.3) is 0 Å². The summed E-state index contributed by atoms with van der Waals surface area (Å²) >= 11 is 0.